The van der Waals surface area contributed by atoms with E-state index in [0.717, 1.165) is 16.5 Å². The van der Waals surface area contributed by atoms with Crippen LogP contribution in [0.3, 0.4) is 0 Å². The zero-order chi connectivity index (χ0) is 18.6. The highest BCUT2D eigenvalue weighted by molar-refractivity contribution is 5.98. The minimum absolute atomic E-state index is 0.0344. The van der Waals surface area contributed by atoms with Crippen molar-refractivity contribution < 1.29 is 0 Å². The van der Waals surface area contributed by atoms with Gasteiger partial charge in [-0.15, -0.1) is 0 Å². The number of nitrogens with one attached hydrogen (secondary N) is 3. The van der Waals surface area contributed by atoms with Gasteiger partial charge in [0.05, 0.1) is 11.9 Å². The number of hydrogen-bond donors (Lipinski definition) is 3. The first-order chi connectivity index (χ1) is 13.3. The van der Waals surface area contributed by atoms with Gasteiger partial charge in [0.2, 0.25) is 5.95 Å². The van der Waals surface area contributed by atoms with Gasteiger partial charge in [0.15, 0.2) is 0 Å². The maximum absolute atomic E-state index is 12.2. The van der Waals surface area contributed by atoms with Crippen molar-refractivity contribution in [1.29, 1.82) is 5.26 Å². The van der Waals surface area contributed by atoms with Gasteiger partial charge in [-0.05, 0) is 12.1 Å². The van der Waals surface area contributed by atoms with Crippen LogP contribution in [-0.4, -0.2) is 21.2 Å². The molecule has 0 atom stereocenters. The zero-order valence-corrected chi connectivity index (χ0v) is 14.1. The van der Waals surface area contributed by atoms with E-state index in [0.29, 0.717) is 11.3 Å². The van der Waals surface area contributed by atoms with Gasteiger partial charge in [-0.1, -0.05) is 42.5 Å². The molecule has 0 saturated carbocycles. The average Bonchev–Trinajstić information content (AvgIpc) is 3.18. The largest absolute Gasteiger partial charge is 0.361 e. The van der Waals surface area contributed by atoms with Crippen LogP contribution in [0.2, 0.25) is 0 Å². The van der Waals surface area contributed by atoms with Gasteiger partial charge >= 0.3 is 0 Å². The maximum Gasteiger partial charge on any atom is 0.270 e. The van der Waals surface area contributed by atoms with Crippen molar-refractivity contribution in [3.8, 4) is 17.3 Å². The topological polar surface area (TPSA) is 110 Å². The van der Waals surface area contributed by atoms with E-state index in [9.17, 15) is 10.1 Å². The molecule has 2 heterocycles. The first-order valence-corrected chi connectivity index (χ1v) is 8.21. The minimum Gasteiger partial charge on any atom is -0.361 e. The molecular formula is C20H14N6O. The lowest BCUT2D eigenvalue weighted by molar-refractivity contribution is 1.08. The Kier molecular flexibility index (Phi) is 4.21. The Bertz CT molecular complexity index is 1230. The fraction of sp³-hybridized carbons (Fsp3) is 0. The Balaban J connectivity index is 1.67. The van der Waals surface area contributed by atoms with Crippen LogP contribution in [0.4, 0.5) is 5.95 Å². The third kappa shape index (κ3) is 3.19. The second kappa shape index (κ2) is 6.98. The molecule has 0 unspecified atom stereocenters. The monoisotopic (exact) mass is 354 g/mol. The van der Waals surface area contributed by atoms with Crippen LogP contribution in [0.1, 0.15) is 11.1 Å². The zero-order valence-electron chi connectivity index (χ0n) is 14.1. The molecule has 2 aromatic heterocycles. The van der Waals surface area contributed by atoms with Crippen molar-refractivity contribution >= 4 is 23.1 Å². The Morgan fingerprint density at radius 1 is 1.11 bits per heavy atom. The summed E-state index contributed by atoms with van der Waals surface area (Å²) in [4.78, 5) is 22.2. The quantitative estimate of drug-likeness (QED) is 0.386. The number of fused-ring (bicyclic) bond motifs is 1. The molecule has 0 spiro atoms. The van der Waals surface area contributed by atoms with Crippen LogP contribution in [0.25, 0.3) is 22.2 Å². The predicted molar refractivity (Wildman–Crippen MR) is 105 cm³/mol. The molecule has 27 heavy (non-hydrogen) atoms. The van der Waals surface area contributed by atoms with E-state index in [-0.39, 0.29) is 11.5 Å². The highest BCUT2D eigenvalue weighted by atomic mass is 16.1. The average molecular weight is 354 g/mol. The molecule has 4 rings (SSSR count). The Hall–Kier alpha value is -4.18. The molecule has 130 valence electrons. The number of anilines is 1. The van der Waals surface area contributed by atoms with Crippen molar-refractivity contribution in [3.63, 3.8) is 0 Å². The van der Waals surface area contributed by atoms with Crippen molar-refractivity contribution in [2.45, 2.75) is 0 Å². The molecule has 0 aliphatic rings. The second-order valence-electron chi connectivity index (χ2n) is 5.77. The minimum atomic E-state index is -0.517. The van der Waals surface area contributed by atoms with Gasteiger partial charge in [-0.25, -0.2) is 10.4 Å². The number of nitriles is 1. The van der Waals surface area contributed by atoms with Crippen LogP contribution in [0, 0.1) is 11.3 Å². The summed E-state index contributed by atoms with van der Waals surface area (Å²) in [5.41, 5.74) is 5.11. The maximum atomic E-state index is 12.2. The molecule has 7 nitrogen and oxygen atoms in total. The summed E-state index contributed by atoms with van der Waals surface area (Å²) in [6.07, 6.45) is 3.51. The van der Waals surface area contributed by atoms with Crippen LogP contribution >= 0.6 is 0 Å². The van der Waals surface area contributed by atoms with Crippen LogP contribution in [0.5, 0.6) is 0 Å². The summed E-state index contributed by atoms with van der Waals surface area (Å²) < 4.78 is 0. The molecule has 0 fully saturated rings. The Morgan fingerprint density at radius 3 is 2.78 bits per heavy atom. The number of aromatic nitrogens is 3. The summed E-state index contributed by atoms with van der Waals surface area (Å²) in [5.74, 6) is 0.162. The molecule has 3 N–H and O–H groups in total. The van der Waals surface area contributed by atoms with Crippen molar-refractivity contribution in [1.82, 2.24) is 15.0 Å². The van der Waals surface area contributed by atoms with Crippen LogP contribution in [0.15, 0.2) is 70.7 Å². The summed E-state index contributed by atoms with van der Waals surface area (Å²) in [7, 11) is 0. The lowest BCUT2D eigenvalue weighted by Crippen LogP contribution is -2.16. The van der Waals surface area contributed by atoms with E-state index >= 15 is 0 Å². The first kappa shape index (κ1) is 16.3. The van der Waals surface area contributed by atoms with Gasteiger partial charge in [0, 0.05) is 28.2 Å². The van der Waals surface area contributed by atoms with E-state index in [1.54, 1.807) is 18.3 Å². The highest BCUT2D eigenvalue weighted by Crippen LogP contribution is 2.19. The van der Waals surface area contributed by atoms with Gasteiger partial charge in [0.25, 0.3) is 5.56 Å². The summed E-state index contributed by atoms with van der Waals surface area (Å²) in [6.45, 7) is 0. The highest BCUT2D eigenvalue weighted by Gasteiger charge is 2.12. The van der Waals surface area contributed by atoms with Crippen molar-refractivity contribution in [2.24, 2.45) is 5.10 Å². The molecule has 0 aliphatic carbocycles. The molecule has 4 aromatic rings. The second-order valence-corrected chi connectivity index (χ2v) is 5.77. The molecule has 0 radical (unpaired) electrons. The third-order valence-electron chi connectivity index (χ3n) is 4.08. The third-order valence-corrected chi connectivity index (χ3v) is 4.08. The molecule has 7 heteroatoms. The number of rotatable bonds is 4. The van der Waals surface area contributed by atoms with E-state index in [4.69, 9.17) is 0 Å². The standard InChI is InChI=1S/C20H14N6O/c21-11-16-18(13-5-2-1-3-6-13)24-20(25-19(16)27)26-23-12-14-7-4-8-17-15(14)9-10-22-17/h1-10,12,22H,(H2,24,25,26,27). The molecular weight excluding hydrogens is 340 g/mol. The number of aromatic amines is 2. The predicted octanol–water partition coefficient (Wildman–Crippen LogP) is 3.24. The van der Waals surface area contributed by atoms with Crippen LogP contribution < -0.4 is 11.0 Å². The van der Waals surface area contributed by atoms with Gasteiger partial charge in [-0.3, -0.25) is 9.78 Å². The molecule has 0 aliphatic heterocycles. The molecule has 0 amide bonds. The number of hydrazone groups is 1. The van der Waals surface area contributed by atoms with Crippen molar-refractivity contribution in [3.05, 3.63) is 82.3 Å². The number of nitrogens with zero attached hydrogens (tertiary/aromatic N) is 3. The molecule has 0 bridgehead atoms. The summed E-state index contributed by atoms with van der Waals surface area (Å²) in [6, 6.07) is 18.8. The summed E-state index contributed by atoms with van der Waals surface area (Å²) >= 11 is 0. The van der Waals surface area contributed by atoms with Gasteiger partial charge in [0.1, 0.15) is 11.6 Å². The van der Waals surface area contributed by atoms with Crippen LogP contribution in [-0.2, 0) is 0 Å². The van der Waals surface area contributed by atoms with E-state index < -0.39 is 5.56 Å². The smallest absolute Gasteiger partial charge is 0.270 e. The molecule has 2 aromatic carbocycles. The Morgan fingerprint density at radius 2 is 1.96 bits per heavy atom. The van der Waals surface area contributed by atoms with Gasteiger partial charge in [-0.2, -0.15) is 10.4 Å². The van der Waals surface area contributed by atoms with E-state index in [1.807, 2.05) is 54.7 Å². The lowest BCUT2D eigenvalue weighted by Gasteiger charge is -2.06. The number of hydrogen-bond acceptors (Lipinski definition) is 5. The van der Waals surface area contributed by atoms with E-state index in [2.05, 4.69) is 25.5 Å². The molecule has 0 saturated heterocycles. The normalized spacial score (nSPS) is 10.9. The van der Waals surface area contributed by atoms with E-state index in [1.165, 1.54) is 0 Å². The SMILES string of the molecule is N#Cc1c(-c2ccccc2)nc(NN=Cc2cccc3[nH]ccc23)[nH]c1=O. The fourth-order valence-corrected chi connectivity index (χ4v) is 2.82. The van der Waals surface area contributed by atoms with Crippen molar-refractivity contribution in [2.75, 3.05) is 5.43 Å². The summed E-state index contributed by atoms with van der Waals surface area (Å²) in [5, 5.41) is 14.5. The fourth-order valence-electron chi connectivity index (χ4n) is 2.82. The number of benzene rings is 2. The Labute approximate surface area is 154 Å². The number of H-pyrrole nitrogens is 2. The first-order valence-electron chi connectivity index (χ1n) is 8.21. The lowest BCUT2D eigenvalue weighted by atomic mass is 10.1. The van der Waals surface area contributed by atoms with Gasteiger partial charge < -0.3 is 4.98 Å².